The van der Waals surface area contributed by atoms with Crippen molar-refractivity contribution in [2.45, 2.75) is 67.2 Å². The molecule has 1 nitrogen and oxygen atoms in total. The van der Waals surface area contributed by atoms with E-state index in [1.165, 1.54) is 12.8 Å². The van der Waals surface area contributed by atoms with Gasteiger partial charge in [0.25, 0.3) is 0 Å². The molecule has 94 valence electrons. The highest BCUT2D eigenvalue weighted by Crippen LogP contribution is 2.42. The quantitative estimate of drug-likeness (QED) is 0.643. The lowest BCUT2D eigenvalue weighted by Gasteiger charge is -2.38. The molecule has 0 aliphatic heterocycles. The molecule has 0 spiro atoms. The number of carbonyl (C=O) groups is 1. The van der Waals surface area contributed by atoms with E-state index in [1.54, 1.807) is 0 Å². The number of carbonyl (C=O) groups excluding carboxylic acids is 1. The van der Waals surface area contributed by atoms with Gasteiger partial charge >= 0.3 is 0 Å². The Balaban J connectivity index is 2.68. The zero-order valence-electron chi connectivity index (χ0n) is 11.9. The van der Waals surface area contributed by atoms with Crippen molar-refractivity contribution in [3.05, 3.63) is 0 Å². The van der Waals surface area contributed by atoms with Crippen LogP contribution in [0, 0.1) is 22.7 Å². The minimum atomic E-state index is -0.162. The molecular weight excluding hydrogens is 196 g/mol. The van der Waals surface area contributed by atoms with E-state index in [2.05, 4.69) is 41.5 Å². The maximum atomic E-state index is 12.3. The van der Waals surface area contributed by atoms with E-state index in [0.29, 0.717) is 17.1 Å². The predicted molar refractivity (Wildman–Crippen MR) is 69.4 cm³/mol. The highest BCUT2D eigenvalue weighted by molar-refractivity contribution is 5.86. The Kier molecular flexibility index (Phi) is 3.87. The van der Waals surface area contributed by atoms with E-state index in [4.69, 9.17) is 0 Å². The second-order valence-corrected chi connectivity index (χ2v) is 7.54. The van der Waals surface area contributed by atoms with Crippen LogP contribution in [0.25, 0.3) is 0 Å². The van der Waals surface area contributed by atoms with Gasteiger partial charge in [0.2, 0.25) is 0 Å². The summed E-state index contributed by atoms with van der Waals surface area (Å²) < 4.78 is 0. The van der Waals surface area contributed by atoms with Gasteiger partial charge in [0.05, 0.1) is 0 Å². The van der Waals surface area contributed by atoms with Crippen LogP contribution in [0.5, 0.6) is 0 Å². The topological polar surface area (TPSA) is 17.1 Å². The van der Waals surface area contributed by atoms with Crippen LogP contribution in [0.1, 0.15) is 67.2 Å². The van der Waals surface area contributed by atoms with Crippen LogP contribution < -0.4 is 0 Å². The van der Waals surface area contributed by atoms with Crippen molar-refractivity contribution < 1.29 is 4.79 Å². The van der Waals surface area contributed by atoms with E-state index in [9.17, 15) is 4.79 Å². The Labute approximate surface area is 101 Å². The first-order valence-corrected chi connectivity index (χ1v) is 6.66. The molecule has 0 saturated heterocycles. The molecule has 0 heterocycles. The molecule has 1 rings (SSSR count). The number of rotatable bonds is 1. The van der Waals surface area contributed by atoms with Crippen molar-refractivity contribution in [3.63, 3.8) is 0 Å². The van der Waals surface area contributed by atoms with Crippen LogP contribution in [0.4, 0.5) is 0 Å². The summed E-state index contributed by atoms with van der Waals surface area (Å²) in [5, 5.41) is 0. The van der Waals surface area contributed by atoms with Crippen molar-refractivity contribution in [2.75, 3.05) is 0 Å². The van der Waals surface area contributed by atoms with Crippen LogP contribution in [-0.2, 0) is 4.79 Å². The number of hydrogen-bond donors (Lipinski definition) is 0. The molecule has 16 heavy (non-hydrogen) atoms. The van der Waals surface area contributed by atoms with E-state index >= 15 is 0 Å². The van der Waals surface area contributed by atoms with E-state index in [-0.39, 0.29) is 5.41 Å². The van der Waals surface area contributed by atoms with Crippen LogP contribution in [-0.4, -0.2) is 5.78 Å². The Bertz CT molecular complexity index is 252. The summed E-state index contributed by atoms with van der Waals surface area (Å²) in [6, 6.07) is 0. The molecule has 2 unspecified atom stereocenters. The second kappa shape index (κ2) is 4.50. The fraction of sp³-hybridized carbons (Fsp3) is 0.933. The summed E-state index contributed by atoms with van der Waals surface area (Å²) in [5.74, 6) is 1.51. The third-order valence-electron chi connectivity index (χ3n) is 4.01. The van der Waals surface area contributed by atoms with Gasteiger partial charge in [-0.3, -0.25) is 4.79 Å². The minimum absolute atomic E-state index is 0.162. The Morgan fingerprint density at radius 3 is 2.00 bits per heavy atom. The van der Waals surface area contributed by atoms with Crippen molar-refractivity contribution in [3.8, 4) is 0 Å². The molecule has 1 fully saturated rings. The molecule has 0 aromatic rings. The van der Waals surface area contributed by atoms with Crippen LogP contribution >= 0.6 is 0 Å². The fourth-order valence-corrected chi connectivity index (χ4v) is 2.83. The second-order valence-electron chi connectivity index (χ2n) is 7.54. The monoisotopic (exact) mass is 224 g/mol. The first-order chi connectivity index (χ1) is 7.12. The summed E-state index contributed by atoms with van der Waals surface area (Å²) in [4.78, 5) is 12.3. The van der Waals surface area contributed by atoms with Gasteiger partial charge in [-0.15, -0.1) is 0 Å². The fourth-order valence-electron chi connectivity index (χ4n) is 2.83. The summed E-state index contributed by atoms with van der Waals surface area (Å²) in [5.41, 5.74) is 0.196. The van der Waals surface area contributed by atoms with Gasteiger partial charge in [0.15, 0.2) is 0 Å². The summed E-state index contributed by atoms with van der Waals surface area (Å²) in [6.45, 7) is 13.1. The normalized spacial score (nSPS) is 27.9. The van der Waals surface area contributed by atoms with Gasteiger partial charge in [-0.2, -0.15) is 0 Å². The summed E-state index contributed by atoms with van der Waals surface area (Å²) in [7, 11) is 0. The van der Waals surface area contributed by atoms with E-state index in [0.717, 1.165) is 18.8 Å². The minimum Gasteiger partial charge on any atom is -0.299 e. The lowest BCUT2D eigenvalue weighted by molar-refractivity contribution is -0.132. The number of Topliss-reactive ketones (excluding diaryl/α,β-unsaturated/α-hetero) is 1. The highest BCUT2D eigenvalue weighted by Gasteiger charge is 2.36. The van der Waals surface area contributed by atoms with Gasteiger partial charge in [0.1, 0.15) is 5.78 Å². The SMILES string of the molecule is CC(C)(C)C(=O)C1CCCC(C(C)(C)C)C1. The van der Waals surface area contributed by atoms with Crippen molar-refractivity contribution in [1.82, 2.24) is 0 Å². The largest absolute Gasteiger partial charge is 0.299 e. The molecule has 2 atom stereocenters. The van der Waals surface area contributed by atoms with Gasteiger partial charge in [-0.25, -0.2) is 0 Å². The van der Waals surface area contributed by atoms with Crippen LogP contribution in [0.2, 0.25) is 0 Å². The molecule has 0 radical (unpaired) electrons. The van der Waals surface area contributed by atoms with Crippen LogP contribution in [0.15, 0.2) is 0 Å². The van der Waals surface area contributed by atoms with Crippen molar-refractivity contribution >= 4 is 5.78 Å². The zero-order chi connectivity index (χ0) is 12.6. The standard InChI is InChI=1S/C15H28O/c1-14(2,3)12-9-7-8-11(10-12)13(16)15(4,5)6/h11-12H,7-10H2,1-6H3. The van der Waals surface area contributed by atoms with Crippen molar-refractivity contribution in [1.29, 1.82) is 0 Å². The highest BCUT2D eigenvalue weighted by atomic mass is 16.1. The molecule has 0 aromatic carbocycles. The first kappa shape index (κ1) is 13.7. The predicted octanol–water partition coefficient (Wildman–Crippen LogP) is 4.45. The zero-order valence-corrected chi connectivity index (χ0v) is 11.9. The average molecular weight is 224 g/mol. The van der Waals surface area contributed by atoms with E-state index in [1.807, 2.05) is 0 Å². The molecule has 1 aliphatic rings. The summed E-state index contributed by atoms with van der Waals surface area (Å²) in [6.07, 6.45) is 4.76. The number of hydrogen-bond acceptors (Lipinski definition) is 1. The molecule has 1 saturated carbocycles. The third-order valence-corrected chi connectivity index (χ3v) is 4.01. The number of ketones is 1. The molecule has 0 amide bonds. The van der Waals surface area contributed by atoms with Gasteiger partial charge < -0.3 is 0 Å². The maximum absolute atomic E-state index is 12.3. The van der Waals surface area contributed by atoms with Crippen molar-refractivity contribution in [2.24, 2.45) is 22.7 Å². The van der Waals surface area contributed by atoms with Gasteiger partial charge in [0, 0.05) is 11.3 Å². The molecule has 1 aliphatic carbocycles. The third kappa shape index (κ3) is 3.33. The average Bonchev–Trinajstić information content (AvgIpc) is 2.14. The molecule has 0 N–H and O–H groups in total. The van der Waals surface area contributed by atoms with Gasteiger partial charge in [-0.05, 0) is 30.6 Å². The lowest BCUT2D eigenvalue weighted by Crippen LogP contribution is -2.35. The smallest absolute Gasteiger partial charge is 0.141 e. The Morgan fingerprint density at radius 2 is 1.56 bits per heavy atom. The molecular formula is C15H28O. The first-order valence-electron chi connectivity index (χ1n) is 6.66. The maximum Gasteiger partial charge on any atom is 0.141 e. The van der Waals surface area contributed by atoms with Crippen LogP contribution in [0.3, 0.4) is 0 Å². The molecule has 1 heteroatoms. The van der Waals surface area contributed by atoms with Gasteiger partial charge in [-0.1, -0.05) is 48.0 Å². The Morgan fingerprint density at radius 1 is 1.00 bits per heavy atom. The lowest BCUT2D eigenvalue weighted by atomic mass is 9.66. The molecule has 0 aromatic heterocycles. The Hall–Kier alpha value is -0.330. The van der Waals surface area contributed by atoms with E-state index < -0.39 is 0 Å². The molecule has 0 bridgehead atoms. The summed E-state index contributed by atoms with van der Waals surface area (Å²) >= 11 is 0.